The standard InChI is InChI=1S/C23H26N2O3S/c1-23(2,3)15-9-10-16-17(11-15)29-21-20(16)22(28)25(18(24-21)12-19(26)27)13-14-7-5-4-6-8-14/h4-8,15H,9-13H2,1-3H3,(H,26,27). The van der Waals surface area contributed by atoms with Gasteiger partial charge in [0.05, 0.1) is 11.9 Å². The van der Waals surface area contributed by atoms with Crippen molar-refractivity contribution >= 4 is 27.5 Å². The summed E-state index contributed by atoms with van der Waals surface area (Å²) in [6.45, 7) is 7.14. The van der Waals surface area contributed by atoms with Gasteiger partial charge in [-0.25, -0.2) is 4.98 Å². The number of aliphatic carboxylic acids is 1. The molecule has 2 heterocycles. The summed E-state index contributed by atoms with van der Waals surface area (Å²) >= 11 is 1.57. The Kier molecular flexibility index (Phi) is 5.07. The summed E-state index contributed by atoms with van der Waals surface area (Å²) in [4.78, 5) is 31.5. The van der Waals surface area contributed by atoms with Crippen molar-refractivity contribution in [3.63, 3.8) is 0 Å². The molecule has 1 N–H and O–H groups in total. The smallest absolute Gasteiger partial charge is 0.311 e. The van der Waals surface area contributed by atoms with Crippen LogP contribution in [0.1, 0.15) is 49.0 Å². The summed E-state index contributed by atoms with van der Waals surface area (Å²) in [7, 11) is 0. The van der Waals surface area contributed by atoms with E-state index in [2.05, 4.69) is 25.8 Å². The van der Waals surface area contributed by atoms with Gasteiger partial charge in [-0.1, -0.05) is 51.1 Å². The monoisotopic (exact) mass is 410 g/mol. The lowest BCUT2D eigenvalue weighted by Crippen LogP contribution is -2.29. The Morgan fingerprint density at radius 2 is 2.00 bits per heavy atom. The van der Waals surface area contributed by atoms with E-state index >= 15 is 0 Å². The third-order valence-corrected chi connectivity index (χ3v) is 7.11. The second-order valence-corrected chi connectivity index (χ2v) is 10.0. The molecular weight excluding hydrogens is 384 g/mol. The van der Waals surface area contributed by atoms with E-state index < -0.39 is 5.97 Å². The number of carboxylic acid groups (broad SMARTS) is 1. The number of benzene rings is 1. The number of carboxylic acids is 1. The van der Waals surface area contributed by atoms with Gasteiger partial charge in [-0.3, -0.25) is 14.2 Å². The second kappa shape index (κ2) is 7.41. The molecule has 0 spiro atoms. The van der Waals surface area contributed by atoms with Gasteiger partial charge in [0.15, 0.2) is 0 Å². The van der Waals surface area contributed by atoms with Crippen molar-refractivity contribution in [1.29, 1.82) is 0 Å². The van der Waals surface area contributed by atoms with Gasteiger partial charge in [0.1, 0.15) is 17.1 Å². The summed E-state index contributed by atoms with van der Waals surface area (Å²) in [5, 5.41) is 10.1. The Labute approximate surface area is 174 Å². The average molecular weight is 411 g/mol. The van der Waals surface area contributed by atoms with Crippen molar-refractivity contribution < 1.29 is 9.90 Å². The largest absolute Gasteiger partial charge is 0.481 e. The van der Waals surface area contributed by atoms with Crippen LogP contribution in [0.2, 0.25) is 0 Å². The quantitative estimate of drug-likeness (QED) is 0.697. The number of hydrogen-bond donors (Lipinski definition) is 1. The maximum absolute atomic E-state index is 13.5. The van der Waals surface area contributed by atoms with E-state index in [0.29, 0.717) is 28.5 Å². The molecule has 0 saturated carbocycles. The zero-order valence-corrected chi connectivity index (χ0v) is 17.9. The third kappa shape index (κ3) is 3.86. The van der Waals surface area contributed by atoms with Crippen LogP contribution in [0.5, 0.6) is 0 Å². The van der Waals surface area contributed by atoms with Crippen molar-refractivity contribution in [2.75, 3.05) is 0 Å². The number of nitrogens with zero attached hydrogens (tertiary/aromatic N) is 2. The predicted molar refractivity (Wildman–Crippen MR) is 116 cm³/mol. The molecule has 0 saturated heterocycles. The van der Waals surface area contributed by atoms with E-state index in [0.717, 1.165) is 30.4 Å². The molecule has 0 aliphatic heterocycles. The molecule has 1 unspecified atom stereocenters. The van der Waals surface area contributed by atoms with E-state index in [4.69, 9.17) is 0 Å². The first kappa shape index (κ1) is 19.8. The summed E-state index contributed by atoms with van der Waals surface area (Å²) in [6.07, 6.45) is 2.66. The van der Waals surface area contributed by atoms with Gasteiger partial charge in [0.25, 0.3) is 5.56 Å². The first-order valence-corrected chi connectivity index (χ1v) is 10.9. The lowest BCUT2D eigenvalue weighted by atomic mass is 9.72. The summed E-state index contributed by atoms with van der Waals surface area (Å²) in [5.74, 6) is -0.0786. The van der Waals surface area contributed by atoms with Gasteiger partial charge in [0.2, 0.25) is 0 Å². The Balaban J connectivity index is 1.85. The van der Waals surface area contributed by atoms with E-state index in [9.17, 15) is 14.7 Å². The molecule has 6 heteroatoms. The highest BCUT2D eigenvalue weighted by atomic mass is 32.1. The minimum atomic E-state index is -0.979. The number of aryl methyl sites for hydroxylation is 1. The topological polar surface area (TPSA) is 72.2 Å². The normalized spacial score (nSPS) is 16.7. The molecular formula is C23H26N2O3S. The third-order valence-electron chi connectivity index (χ3n) is 5.97. The fourth-order valence-corrected chi connectivity index (χ4v) is 5.55. The van der Waals surface area contributed by atoms with Gasteiger partial charge in [-0.2, -0.15) is 0 Å². The van der Waals surface area contributed by atoms with Gasteiger partial charge < -0.3 is 5.11 Å². The van der Waals surface area contributed by atoms with Crippen LogP contribution in [-0.4, -0.2) is 20.6 Å². The van der Waals surface area contributed by atoms with Crippen molar-refractivity contribution in [2.45, 2.75) is 53.0 Å². The van der Waals surface area contributed by atoms with E-state index in [1.54, 1.807) is 15.9 Å². The number of carbonyl (C=O) groups is 1. The molecule has 0 fully saturated rings. The molecule has 5 nitrogen and oxygen atoms in total. The highest BCUT2D eigenvalue weighted by Crippen LogP contribution is 2.42. The molecule has 1 atom stereocenters. The highest BCUT2D eigenvalue weighted by molar-refractivity contribution is 7.18. The molecule has 3 aromatic rings. The molecule has 1 aliphatic carbocycles. The van der Waals surface area contributed by atoms with Gasteiger partial charge in [-0.05, 0) is 41.7 Å². The molecule has 4 rings (SSSR count). The summed E-state index contributed by atoms with van der Waals surface area (Å²) in [5.41, 5.74) is 2.20. The molecule has 1 aromatic carbocycles. The van der Waals surface area contributed by atoms with Crippen molar-refractivity contribution in [1.82, 2.24) is 9.55 Å². The zero-order valence-electron chi connectivity index (χ0n) is 17.1. The second-order valence-electron chi connectivity index (χ2n) is 8.97. The van der Waals surface area contributed by atoms with Crippen LogP contribution < -0.4 is 5.56 Å². The van der Waals surface area contributed by atoms with Crippen LogP contribution in [0.15, 0.2) is 35.1 Å². The predicted octanol–water partition coefficient (Wildman–Crippen LogP) is 4.28. The fraction of sp³-hybridized carbons (Fsp3) is 0.435. The van der Waals surface area contributed by atoms with Gasteiger partial charge >= 0.3 is 5.97 Å². The number of rotatable bonds is 4. The van der Waals surface area contributed by atoms with E-state index in [-0.39, 0.29) is 17.4 Å². The van der Waals surface area contributed by atoms with Crippen molar-refractivity contribution in [2.24, 2.45) is 11.3 Å². The van der Waals surface area contributed by atoms with Crippen molar-refractivity contribution in [3.8, 4) is 0 Å². The molecule has 29 heavy (non-hydrogen) atoms. The van der Waals surface area contributed by atoms with Gasteiger partial charge in [-0.15, -0.1) is 11.3 Å². The maximum atomic E-state index is 13.5. The molecule has 152 valence electrons. The zero-order chi connectivity index (χ0) is 20.8. The Hall–Kier alpha value is -2.47. The van der Waals surface area contributed by atoms with Gasteiger partial charge in [0, 0.05) is 4.88 Å². The first-order chi connectivity index (χ1) is 13.7. The van der Waals surface area contributed by atoms with Crippen LogP contribution in [0, 0.1) is 11.3 Å². The van der Waals surface area contributed by atoms with Crippen LogP contribution in [0.4, 0.5) is 0 Å². The van der Waals surface area contributed by atoms with Crippen molar-refractivity contribution in [3.05, 3.63) is 62.5 Å². The Morgan fingerprint density at radius 1 is 1.28 bits per heavy atom. The maximum Gasteiger partial charge on any atom is 0.311 e. The SMILES string of the molecule is CC(C)(C)C1CCc2c(sc3nc(CC(=O)O)n(Cc4ccccc4)c(=O)c23)C1. The minimum absolute atomic E-state index is 0.109. The summed E-state index contributed by atoms with van der Waals surface area (Å²) < 4.78 is 1.55. The molecule has 0 radical (unpaired) electrons. The molecule has 2 aromatic heterocycles. The molecule has 0 amide bonds. The average Bonchev–Trinajstić information content (AvgIpc) is 3.02. The van der Waals surface area contributed by atoms with Crippen LogP contribution in [-0.2, 0) is 30.6 Å². The van der Waals surface area contributed by atoms with Crippen LogP contribution >= 0.6 is 11.3 Å². The molecule has 1 aliphatic rings. The Morgan fingerprint density at radius 3 is 2.66 bits per heavy atom. The lowest BCUT2D eigenvalue weighted by molar-refractivity contribution is -0.136. The summed E-state index contributed by atoms with van der Waals surface area (Å²) in [6, 6.07) is 9.65. The van der Waals surface area contributed by atoms with Crippen LogP contribution in [0.3, 0.4) is 0 Å². The Bertz CT molecular complexity index is 1120. The fourth-order valence-electron chi connectivity index (χ4n) is 4.24. The number of fused-ring (bicyclic) bond motifs is 3. The number of hydrogen-bond acceptors (Lipinski definition) is 4. The number of aromatic nitrogens is 2. The highest BCUT2D eigenvalue weighted by Gasteiger charge is 2.32. The lowest BCUT2D eigenvalue weighted by Gasteiger charge is -2.33. The van der Waals surface area contributed by atoms with E-state index in [1.807, 2.05) is 30.3 Å². The van der Waals surface area contributed by atoms with Crippen LogP contribution in [0.25, 0.3) is 10.2 Å². The molecule has 0 bridgehead atoms. The first-order valence-electron chi connectivity index (χ1n) is 10.0. The minimum Gasteiger partial charge on any atom is -0.481 e. The number of thiophene rings is 1. The van der Waals surface area contributed by atoms with E-state index in [1.165, 1.54) is 4.88 Å².